The number of carbonyl (C=O) groups is 1. The monoisotopic (exact) mass is 299 g/mol. The smallest absolute Gasteiger partial charge is 0.234 e. The van der Waals surface area contributed by atoms with Crippen molar-refractivity contribution in [3.63, 3.8) is 0 Å². The summed E-state index contributed by atoms with van der Waals surface area (Å²) in [6.07, 6.45) is 0.779. The van der Waals surface area contributed by atoms with E-state index in [1.54, 1.807) is 7.11 Å². The Morgan fingerprint density at radius 1 is 1.41 bits per heavy atom. The van der Waals surface area contributed by atoms with Crippen LogP contribution in [0, 0.1) is 0 Å². The van der Waals surface area contributed by atoms with Gasteiger partial charge in [0.25, 0.3) is 0 Å². The molecule has 3 nitrogen and oxygen atoms in total. The van der Waals surface area contributed by atoms with E-state index in [1.807, 2.05) is 38.1 Å². The molecule has 94 valence electrons. The van der Waals surface area contributed by atoms with Crippen LogP contribution in [0.5, 0.6) is 5.75 Å². The lowest BCUT2D eigenvalue weighted by Gasteiger charge is -2.16. The summed E-state index contributed by atoms with van der Waals surface area (Å²) < 4.78 is 5.09. The van der Waals surface area contributed by atoms with Crippen molar-refractivity contribution in [2.45, 2.75) is 31.1 Å². The lowest BCUT2D eigenvalue weighted by Crippen LogP contribution is -2.32. The lowest BCUT2D eigenvalue weighted by atomic mass is 10.1. The first kappa shape index (κ1) is 14.0. The van der Waals surface area contributed by atoms with Crippen molar-refractivity contribution < 1.29 is 9.53 Å². The normalized spacial score (nSPS) is 13.9. The van der Waals surface area contributed by atoms with Crippen LogP contribution in [0.3, 0.4) is 0 Å². The average molecular weight is 300 g/mol. The van der Waals surface area contributed by atoms with Gasteiger partial charge in [0.05, 0.1) is 18.0 Å². The van der Waals surface area contributed by atoms with Crippen LogP contribution in [-0.2, 0) is 4.79 Å². The molecule has 0 aliphatic carbocycles. The molecular formula is C13H18BrNO2. The molecule has 1 unspecified atom stereocenters. The minimum Gasteiger partial charge on any atom is -0.497 e. The van der Waals surface area contributed by atoms with Crippen molar-refractivity contribution in [1.82, 2.24) is 5.32 Å². The second kappa shape index (κ2) is 6.64. The fourth-order valence-corrected chi connectivity index (χ4v) is 1.60. The van der Waals surface area contributed by atoms with Crippen molar-refractivity contribution >= 4 is 21.8 Å². The number of carbonyl (C=O) groups excluding carboxylic acids is 1. The quantitative estimate of drug-likeness (QED) is 0.849. The molecule has 0 saturated carbocycles. The molecule has 1 aromatic carbocycles. The Balaban J connectivity index is 2.63. The third-order valence-corrected chi connectivity index (χ3v) is 3.68. The van der Waals surface area contributed by atoms with Crippen LogP contribution in [0.1, 0.15) is 31.9 Å². The first-order chi connectivity index (χ1) is 8.08. The van der Waals surface area contributed by atoms with Gasteiger partial charge in [-0.1, -0.05) is 35.0 Å². The summed E-state index contributed by atoms with van der Waals surface area (Å²) in [6.45, 7) is 3.94. The number of benzene rings is 1. The van der Waals surface area contributed by atoms with Gasteiger partial charge in [-0.05, 0) is 31.0 Å². The molecule has 0 saturated heterocycles. The molecular weight excluding hydrogens is 282 g/mol. The predicted octanol–water partition coefficient (Wildman–Crippen LogP) is 3.05. The van der Waals surface area contributed by atoms with Crippen LogP contribution >= 0.6 is 15.9 Å². The van der Waals surface area contributed by atoms with Gasteiger partial charge in [-0.15, -0.1) is 0 Å². The molecule has 17 heavy (non-hydrogen) atoms. The highest BCUT2D eigenvalue weighted by molar-refractivity contribution is 9.10. The lowest BCUT2D eigenvalue weighted by molar-refractivity contribution is -0.121. The standard InChI is InChI=1S/C13H18BrNO2/c1-4-12(14)13(16)15-9(2)10-5-7-11(17-3)8-6-10/h5-9,12H,4H2,1-3H3,(H,15,16)/t9-,12?/m1/s1. The van der Waals surface area contributed by atoms with Crippen molar-refractivity contribution in [2.75, 3.05) is 7.11 Å². The molecule has 4 heteroatoms. The third kappa shape index (κ3) is 4.04. The Hall–Kier alpha value is -1.03. The van der Waals surface area contributed by atoms with Gasteiger partial charge in [0, 0.05) is 0 Å². The third-order valence-electron chi connectivity index (χ3n) is 2.62. The summed E-state index contributed by atoms with van der Waals surface area (Å²) in [5.74, 6) is 0.843. The van der Waals surface area contributed by atoms with Gasteiger partial charge in [-0.2, -0.15) is 0 Å². The Kier molecular flexibility index (Phi) is 5.48. The van der Waals surface area contributed by atoms with Crippen LogP contribution in [0.25, 0.3) is 0 Å². The van der Waals surface area contributed by atoms with E-state index in [1.165, 1.54) is 0 Å². The van der Waals surface area contributed by atoms with Crippen molar-refractivity contribution in [1.29, 1.82) is 0 Å². The highest BCUT2D eigenvalue weighted by Gasteiger charge is 2.15. The molecule has 0 aliphatic rings. The van der Waals surface area contributed by atoms with Gasteiger partial charge in [0.2, 0.25) is 5.91 Å². The van der Waals surface area contributed by atoms with Gasteiger partial charge in [-0.25, -0.2) is 0 Å². The molecule has 1 amide bonds. The van der Waals surface area contributed by atoms with Gasteiger partial charge < -0.3 is 10.1 Å². The number of ether oxygens (including phenoxy) is 1. The first-order valence-electron chi connectivity index (χ1n) is 5.66. The number of amides is 1. The molecule has 2 atom stereocenters. The maximum absolute atomic E-state index is 11.7. The largest absolute Gasteiger partial charge is 0.497 e. The van der Waals surface area contributed by atoms with E-state index in [0.717, 1.165) is 17.7 Å². The molecule has 1 rings (SSSR count). The zero-order chi connectivity index (χ0) is 12.8. The maximum atomic E-state index is 11.7. The second-order valence-electron chi connectivity index (χ2n) is 3.88. The maximum Gasteiger partial charge on any atom is 0.234 e. The molecule has 0 radical (unpaired) electrons. The summed E-state index contributed by atoms with van der Waals surface area (Å²) in [5, 5.41) is 2.96. The molecule has 1 N–H and O–H groups in total. The molecule has 0 spiro atoms. The zero-order valence-corrected chi connectivity index (χ0v) is 12.0. The molecule has 0 heterocycles. The highest BCUT2D eigenvalue weighted by Crippen LogP contribution is 2.18. The molecule has 0 bridgehead atoms. The van der Waals surface area contributed by atoms with Crippen molar-refractivity contribution in [3.8, 4) is 5.75 Å². The average Bonchev–Trinajstić information content (AvgIpc) is 2.37. The highest BCUT2D eigenvalue weighted by atomic mass is 79.9. The minimum atomic E-state index is -0.122. The van der Waals surface area contributed by atoms with Crippen molar-refractivity contribution in [3.05, 3.63) is 29.8 Å². The first-order valence-corrected chi connectivity index (χ1v) is 6.58. The number of rotatable bonds is 5. The predicted molar refractivity (Wildman–Crippen MR) is 72.6 cm³/mol. The number of alkyl halides is 1. The molecule has 0 fully saturated rings. The number of halogens is 1. The molecule has 1 aromatic rings. The van der Waals surface area contributed by atoms with E-state index in [0.29, 0.717) is 0 Å². The van der Waals surface area contributed by atoms with E-state index in [9.17, 15) is 4.79 Å². The van der Waals surface area contributed by atoms with E-state index in [-0.39, 0.29) is 16.8 Å². The number of methoxy groups -OCH3 is 1. The SMILES string of the molecule is CCC(Br)C(=O)N[C@H](C)c1ccc(OC)cc1. The van der Waals surface area contributed by atoms with Crippen LogP contribution in [0.15, 0.2) is 24.3 Å². The Morgan fingerprint density at radius 3 is 2.47 bits per heavy atom. The number of nitrogens with one attached hydrogen (secondary N) is 1. The van der Waals surface area contributed by atoms with E-state index in [2.05, 4.69) is 21.2 Å². The van der Waals surface area contributed by atoms with Gasteiger partial charge >= 0.3 is 0 Å². The van der Waals surface area contributed by atoms with Crippen LogP contribution in [0.2, 0.25) is 0 Å². The molecule has 0 aliphatic heterocycles. The minimum absolute atomic E-state index is 0.00000567. The molecule has 0 aromatic heterocycles. The Bertz CT molecular complexity index is 364. The van der Waals surface area contributed by atoms with Gasteiger partial charge in [0.15, 0.2) is 0 Å². The van der Waals surface area contributed by atoms with E-state index in [4.69, 9.17) is 4.74 Å². The fourth-order valence-electron chi connectivity index (χ4n) is 1.47. The summed E-state index contributed by atoms with van der Waals surface area (Å²) in [5.41, 5.74) is 1.06. The number of hydrogen-bond acceptors (Lipinski definition) is 2. The Labute approximate surface area is 111 Å². The summed E-state index contributed by atoms with van der Waals surface area (Å²) in [4.78, 5) is 11.6. The number of hydrogen-bond donors (Lipinski definition) is 1. The van der Waals surface area contributed by atoms with E-state index >= 15 is 0 Å². The second-order valence-corrected chi connectivity index (χ2v) is 4.98. The van der Waals surface area contributed by atoms with Crippen molar-refractivity contribution in [2.24, 2.45) is 0 Å². The Morgan fingerprint density at radius 2 is 2.00 bits per heavy atom. The summed E-state index contributed by atoms with van der Waals surface area (Å²) in [6, 6.07) is 7.70. The topological polar surface area (TPSA) is 38.3 Å². The van der Waals surface area contributed by atoms with Crippen LogP contribution in [-0.4, -0.2) is 17.8 Å². The van der Waals surface area contributed by atoms with E-state index < -0.39 is 0 Å². The summed E-state index contributed by atoms with van der Waals surface area (Å²) in [7, 11) is 1.64. The van der Waals surface area contributed by atoms with Gasteiger partial charge in [0.1, 0.15) is 5.75 Å². The fraction of sp³-hybridized carbons (Fsp3) is 0.462. The summed E-state index contributed by atoms with van der Waals surface area (Å²) >= 11 is 3.33. The van der Waals surface area contributed by atoms with Crippen LogP contribution < -0.4 is 10.1 Å². The van der Waals surface area contributed by atoms with Crippen LogP contribution in [0.4, 0.5) is 0 Å². The zero-order valence-electron chi connectivity index (χ0n) is 10.4. The van der Waals surface area contributed by atoms with Gasteiger partial charge in [-0.3, -0.25) is 4.79 Å².